The summed E-state index contributed by atoms with van der Waals surface area (Å²) in [5.41, 5.74) is 2.75. The Labute approximate surface area is 140 Å². The molecular formula is C16H20N8. The normalized spacial score (nSPS) is 15.2. The first-order chi connectivity index (χ1) is 11.6. The van der Waals surface area contributed by atoms with Crippen LogP contribution >= 0.6 is 0 Å². The minimum absolute atomic E-state index is 0.492. The topological polar surface area (TPSA) is 75.3 Å². The van der Waals surface area contributed by atoms with Gasteiger partial charge in [-0.25, -0.2) is 0 Å². The molecule has 1 aliphatic rings. The van der Waals surface area contributed by atoms with E-state index in [2.05, 4.69) is 42.1 Å². The second-order valence-electron chi connectivity index (χ2n) is 6.33. The molecule has 4 heterocycles. The van der Waals surface area contributed by atoms with Gasteiger partial charge < -0.3 is 4.90 Å². The molecular weight excluding hydrogens is 304 g/mol. The number of anilines is 1. The maximum Gasteiger partial charge on any atom is 0.178 e. The summed E-state index contributed by atoms with van der Waals surface area (Å²) in [5, 5.41) is 12.7. The summed E-state index contributed by atoms with van der Waals surface area (Å²) in [7, 11) is 2.13. The minimum atomic E-state index is 0.492. The molecule has 0 unspecified atom stereocenters. The fourth-order valence-electron chi connectivity index (χ4n) is 2.95. The number of aryl methyl sites for hydroxylation is 2. The largest absolute Gasteiger partial charge is 0.352 e. The first-order valence-electron chi connectivity index (χ1n) is 8.02. The summed E-state index contributed by atoms with van der Waals surface area (Å²) >= 11 is 0. The van der Waals surface area contributed by atoms with Crippen molar-refractivity contribution in [2.75, 3.05) is 25.0 Å². The number of fused-ring (bicyclic) bond motifs is 1. The zero-order valence-electron chi connectivity index (χ0n) is 14.1. The average molecular weight is 324 g/mol. The Morgan fingerprint density at radius 2 is 2.00 bits per heavy atom. The van der Waals surface area contributed by atoms with Crippen molar-refractivity contribution in [3.8, 4) is 0 Å². The third-order valence-electron chi connectivity index (χ3n) is 4.43. The summed E-state index contributed by atoms with van der Waals surface area (Å²) in [6, 6.07) is 4.46. The molecule has 1 saturated heterocycles. The van der Waals surface area contributed by atoms with Crippen molar-refractivity contribution < 1.29 is 0 Å². The van der Waals surface area contributed by atoms with Crippen molar-refractivity contribution in [1.29, 1.82) is 0 Å². The van der Waals surface area contributed by atoms with E-state index in [0.29, 0.717) is 6.04 Å². The summed E-state index contributed by atoms with van der Waals surface area (Å²) in [4.78, 5) is 13.3. The van der Waals surface area contributed by atoms with Crippen LogP contribution in [0.4, 0.5) is 5.82 Å². The van der Waals surface area contributed by atoms with Crippen molar-refractivity contribution in [2.45, 2.75) is 26.4 Å². The maximum atomic E-state index is 4.62. The molecule has 1 fully saturated rings. The highest BCUT2D eigenvalue weighted by Gasteiger charge is 2.31. The molecule has 0 N–H and O–H groups in total. The number of hydrogen-bond donors (Lipinski definition) is 0. The summed E-state index contributed by atoms with van der Waals surface area (Å²) in [6.45, 7) is 6.59. The highest BCUT2D eigenvalue weighted by atomic mass is 15.4. The molecule has 124 valence electrons. The van der Waals surface area contributed by atoms with Gasteiger partial charge in [-0.3, -0.25) is 14.9 Å². The molecule has 24 heavy (non-hydrogen) atoms. The second-order valence-corrected chi connectivity index (χ2v) is 6.33. The molecule has 8 nitrogen and oxygen atoms in total. The van der Waals surface area contributed by atoms with Crippen LogP contribution in [0.1, 0.15) is 17.2 Å². The van der Waals surface area contributed by atoms with Crippen LogP contribution in [-0.4, -0.2) is 60.9 Å². The lowest BCUT2D eigenvalue weighted by Crippen LogP contribution is -2.58. The van der Waals surface area contributed by atoms with Gasteiger partial charge in [-0.15, -0.1) is 15.3 Å². The number of rotatable bonds is 4. The summed E-state index contributed by atoms with van der Waals surface area (Å²) in [6.07, 6.45) is 3.62. The lowest BCUT2D eigenvalue weighted by atomic mass is 10.1. The zero-order valence-corrected chi connectivity index (χ0v) is 14.1. The van der Waals surface area contributed by atoms with Crippen LogP contribution in [0, 0.1) is 13.8 Å². The number of nitrogens with zero attached hydrogens (tertiary/aromatic N) is 8. The fourth-order valence-corrected chi connectivity index (χ4v) is 2.95. The van der Waals surface area contributed by atoms with Crippen molar-refractivity contribution in [3.05, 3.63) is 41.7 Å². The third-order valence-corrected chi connectivity index (χ3v) is 4.43. The van der Waals surface area contributed by atoms with Gasteiger partial charge in [0.2, 0.25) is 0 Å². The molecule has 3 aromatic heterocycles. The van der Waals surface area contributed by atoms with E-state index in [0.717, 1.165) is 48.3 Å². The molecule has 3 aromatic rings. The molecule has 0 aromatic carbocycles. The molecule has 4 rings (SSSR count). The highest BCUT2D eigenvalue weighted by molar-refractivity contribution is 5.47. The standard InChI is InChI=1S/C16H20N8/c1-11-6-17-7-13(18-11)8-22(3)14-9-23(10-14)16-5-4-15-20-19-12(2)24(15)21-16/h4-7,14H,8-10H2,1-3H3. The van der Waals surface area contributed by atoms with Gasteiger partial charge in [-0.2, -0.15) is 4.52 Å². The van der Waals surface area contributed by atoms with Gasteiger partial charge in [0, 0.05) is 38.1 Å². The lowest BCUT2D eigenvalue weighted by molar-refractivity contribution is 0.194. The molecule has 8 heteroatoms. The van der Waals surface area contributed by atoms with Gasteiger partial charge in [-0.1, -0.05) is 0 Å². The quantitative estimate of drug-likeness (QED) is 0.704. The Hall–Kier alpha value is -2.61. The molecule has 1 aliphatic heterocycles. The predicted octanol–water partition coefficient (Wildman–Crippen LogP) is 0.852. The van der Waals surface area contributed by atoms with Crippen molar-refractivity contribution in [2.24, 2.45) is 0 Å². The lowest BCUT2D eigenvalue weighted by Gasteiger charge is -2.44. The van der Waals surface area contributed by atoms with E-state index in [1.807, 2.05) is 32.2 Å². The van der Waals surface area contributed by atoms with Crippen LogP contribution in [0.2, 0.25) is 0 Å². The van der Waals surface area contributed by atoms with Crippen LogP contribution in [0.15, 0.2) is 24.5 Å². The van der Waals surface area contributed by atoms with Crippen LogP contribution < -0.4 is 4.90 Å². The maximum absolute atomic E-state index is 4.62. The molecule has 0 atom stereocenters. The third kappa shape index (κ3) is 2.69. The fraction of sp³-hybridized carbons (Fsp3) is 0.438. The Kier molecular flexibility index (Phi) is 3.61. The smallest absolute Gasteiger partial charge is 0.178 e. The molecule has 0 spiro atoms. The van der Waals surface area contributed by atoms with Gasteiger partial charge in [0.25, 0.3) is 0 Å². The van der Waals surface area contributed by atoms with Crippen LogP contribution in [-0.2, 0) is 6.54 Å². The SMILES string of the molecule is Cc1cncc(CN(C)C2CN(c3ccc4nnc(C)n4n3)C2)n1. The molecule has 0 aliphatic carbocycles. The van der Waals surface area contributed by atoms with Crippen molar-refractivity contribution in [1.82, 2.24) is 34.7 Å². The van der Waals surface area contributed by atoms with Gasteiger partial charge in [0.05, 0.1) is 11.4 Å². The molecule has 0 saturated carbocycles. The van der Waals surface area contributed by atoms with Gasteiger partial charge in [0.1, 0.15) is 5.82 Å². The predicted molar refractivity (Wildman–Crippen MR) is 89.8 cm³/mol. The first-order valence-corrected chi connectivity index (χ1v) is 8.02. The van der Waals surface area contributed by atoms with E-state index < -0.39 is 0 Å². The molecule has 0 bridgehead atoms. The van der Waals surface area contributed by atoms with E-state index in [1.54, 1.807) is 10.7 Å². The zero-order chi connectivity index (χ0) is 16.7. The summed E-state index contributed by atoms with van der Waals surface area (Å²) < 4.78 is 1.79. The van der Waals surface area contributed by atoms with Gasteiger partial charge >= 0.3 is 0 Å². The average Bonchev–Trinajstić information content (AvgIpc) is 2.87. The number of aromatic nitrogens is 6. The highest BCUT2D eigenvalue weighted by Crippen LogP contribution is 2.22. The van der Waals surface area contributed by atoms with Crippen molar-refractivity contribution in [3.63, 3.8) is 0 Å². The van der Waals surface area contributed by atoms with Crippen LogP contribution in [0.25, 0.3) is 5.65 Å². The molecule has 0 radical (unpaired) electrons. The van der Waals surface area contributed by atoms with Gasteiger partial charge in [-0.05, 0) is 33.0 Å². The summed E-state index contributed by atoms with van der Waals surface area (Å²) in [5.74, 6) is 1.77. The Bertz CT molecular complexity index is 867. The van der Waals surface area contributed by atoms with Crippen LogP contribution in [0.3, 0.4) is 0 Å². The van der Waals surface area contributed by atoms with Crippen molar-refractivity contribution >= 4 is 11.5 Å². The van der Waals surface area contributed by atoms with E-state index in [9.17, 15) is 0 Å². The van der Waals surface area contributed by atoms with Crippen LogP contribution in [0.5, 0.6) is 0 Å². The van der Waals surface area contributed by atoms with Gasteiger partial charge in [0.15, 0.2) is 11.5 Å². The van der Waals surface area contributed by atoms with E-state index in [1.165, 1.54) is 0 Å². The first kappa shape index (κ1) is 14.9. The van der Waals surface area contributed by atoms with E-state index >= 15 is 0 Å². The molecule has 0 amide bonds. The van der Waals surface area contributed by atoms with E-state index in [4.69, 9.17) is 0 Å². The van der Waals surface area contributed by atoms with E-state index in [-0.39, 0.29) is 0 Å². The minimum Gasteiger partial charge on any atom is -0.352 e. The number of hydrogen-bond acceptors (Lipinski definition) is 7. The Morgan fingerprint density at radius 1 is 1.17 bits per heavy atom. The number of likely N-dealkylation sites (N-methyl/N-ethyl adjacent to an activating group) is 1. The monoisotopic (exact) mass is 324 g/mol. The second kappa shape index (κ2) is 5.79. The Morgan fingerprint density at radius 3 is 2.79 bits per heavy atom. The Balaban J connectivity index is 1.40.